The van der Waals surface area contributed by atoms with Gasteiger partial charge in [-0.05, 0) is 36.8 Å². The van der Waals surface area contributed by atoms with Crippen molar-refractivity contribution in [2.45, 2.75) is 19.5 Å². The number of hydrogen-bond donors (Lipinski definition) is 0. The first-order valence-corrected chi connectivity index (χ1v) is 10.2. The second-order valence-corrected chi connectivity index (χ2v) is 7.43. The van der Waals surface area contributed by atoms with E-state index in [0.717, 1.165) is 11.3 Å². The predicted molar refractivity (Wildman–Crippen MR) is 108 cm³/mol. The number of benzene rings is 2. The summed E-state index contributed by atoms with van der Waals surface area (Å²) in [6, 6.07) is 16.5. The summed E-state index contributed by atoms with van der Waals surface area (Å²) >= 11 is 1.61. The van der Waals surface area contributed by atoms with Crippen LogP contribution in [-0.2, 0) is 11.3 Å². The Kier molecular flexibility index (Phi) is 6.40. The monoisotopic (exact) mass is 384 g/mol. The summed E-state index contributed by atoms with van der Waals surface area (Å²) in [7, 11) is 1.78. The van der Waals surface area contributed by atoms with Crippen LogP contribution in [0.15, 0.2) is 54.6 Å². The first-order valence-electron chi connectivity index (χ1n) is 9.00. The summed E-state index contributed by atoms with van der Waals surface area (Å²) in [6.07, 6.45) is 0. The lowest BCUT2D eigenvalue weighted by molar-refractivity contribution is -0.134. The normalized spacial score (nSPS) is 16.2. The Morgan fingerprint density at radius 3 is 2.52 bits per heavy atom. The minimum absolute atomic E-state index is 0.0295. The van der Waals surface area contributed by atoms with Crippen LogP contribution in [0.5, 0.6) is 5.75 Å². The molecule has 3 rings (SSSR count). The van der Waals surface area contributed by atoms with E-state index in [4.69, 9.17) is 4.74 Å². The Morgan fingerprint density at radius 1 is 1.15 bits per heavy atom. The lowest BCUT2D eigenvalue weighted by Gasteiger charge is -2.27. The molecule has 0 radical (unpaired) electrons. The van der Waals surface area contributed by atoms with Gasteiger partial charge in [-0.25, -0.2) is 0 Å². The average molecular weight is 385 g/mol. The molecule has 0 N–H and O–H groups in total. The predicted octanol–water partition coefficient (Wildman–Crippen LogP) is 3.26. The maximum absolute atomic E-state index is 13.0. The van der Waals surface area contributed by atoms with E-state index in [1.165, 1.54) is 0 Å². The molecule has 27 heavy (non-hydrogen) atoms. The number of hydrogen-bond acceptors (Lipinski definition) is 4. The number of carbonyl (C=O) groups excluding carboxylic acids is 2. The van der Waals surface area contributed by atoms with E-state index in [1.54, 1.807) is 40.7 Å². The van der Waals surface area contributed by atoms with Crippen LogP contribution in [0.4, 0.5) is 0 Å². The molecule has 0 spiro atoms. The Hall–Kier alpha value is -2.47. The third-order valence-corrected chi connectivity index (χ3v) is 5.49. The topological polar surface area (TPSA) is 49.9 Å². The van der Waals surface area contributed by atoms with Crippen molar-refractivity contribution in [3.05, 3.63) is 65.7 Å². The minimum Gasteiger partial charge on any atom is -0.494 e. The molecule has 0 aliphatic carbocycles. The molecule has 2 aromatic rings. The Morgan fingerprint density at radius 2 is 1.85 bits per heavy atom. The second-order valence-electron chi connectivity index (χ2n) is 6.43. The van der Waals surface area contributed by atoms with Crippen LogP contribution < -0.4 is 4.74 Å². The smallest absolute Gasteiger partial charge is 0.255 e. The van der Waals surface area contributed by atoms with E-state index in [9.17, 15) is 9.59 Å². The van der Waals surface area contributed by atoms with Gasteiger partial charge >= 0.3 is 0 Å². The van der Waals surface area contributed by atoms with Gasteiger partial charge in [0.15, 0.2) is 0 Å². The first-order chi connectivity index (χ1) is 13.1. The molecule has 0 bridgehead atoms. The van der Waals surface area contributed by atoms with Crippen LogP contribution in [0, 0.1) is 0 Å². The van der Waals surface area contributed by atoms with E-state index < -0.39 is 6.04 Å². The number of amides is 2. The van der Waals surface area contributed by atoms with Gasteiger partial charge in [0.1, 0.15) is 11.8 Å². The van der Waals surface area contributed by atoms with Gasteiger partial charge in [-0.2, -0.15) is 0 Å². The first kappa shape index (κ1) is 19.3. The summed E-state index contributed by atoms with van der Waals surface area (Å²) in [5.74, 6) is 1.88. The molecule has 1 atom stereocenters. The molecule has 1 heterocycles. The molecule has 6 heteroatoms. The van der Waals surface area contributed by atoms with Crippen molar-refractivity contribution in [3.63, 3.8) is 0 Å². The number of ether oxygens (including phenoxy) is 1. The van der Waals surface area contributed by atoms with E-state index >= 15 is 0 Å². The molecule has 0 aromatic heterocycles. The Balaban J connectivity index is 1.65. The molecule has 1 unspecified atom stereocenters. The van der Waals surface area contributed by atoms with Crippen LogP contribution in [0.3, 0.4) is 0 Å². The fourth-order valence-corrected chi connectivity index (χ4v) is 4.20. The van der Waals surface area contributed by atoms with Gasteiger partial charge in [-0.1, -0.05) is 30.3 Å². The minimum atomic E-state index is -0.421. The maximum Gasteiger partial charge on any atom is 0.255 e. The highest BCUT2D eigenvalue weighted by molar-refractivity contribution is 7.99. The lowest BCUT2D eigenvalue weighted by atomic mass is 10.1. The van der Waals surface area contributed by atoms with Crippen LogP contribution in [-0.4, -0.2) is 52.9 Å². The van der Waals surface area contributed by atoms with Crippen molar-refractivity contribution in [2.24, 2.45) is 0 Å². The number of thioether (sulfide) groups is 1. The molecule has 142 valence electrons. The zero-order chi connectivity index (χ0) is 19.2. The SMILES string of the molecule is CCOc1ccc(CN(C)C(=O)C2CSCN2C(=O)c2ccccc2)cc1. The zero-order valence-corrected chi connectivity index (χ0v) is 16.4. The summed E-state index contributed by atoms with van der Waals surface area (Å²) in [5.41, 5.74) is 1.65. The van der Waals surface area contributed by atoms with Crippen LogP contribution >= 0.6 is 11.8 Å². The highest BCUT2D eigenvalue weighted by Gasteiger charge is 2.36. The van der Waals surface area contributed by atoms with E-state index in [2.05, 4.69) is 0 Å². The highest BCUT2D eigenvalue weighted by Crippen LogP contribution is 2.25. The summed E-state index contributed by atoms with van der Waals surface area (Å²) in [4.78, 5) is 29.1. The second kappa shape index (κ2) is 8.95. The van der Waals surface area contributed by atoms with Crippen LogP contribution in [0.2, 0.25) is 0 Å². The average Bonchev–Trinajstić information content (AvgIpc) is 3.19. The molecule has 2 amide bonds. The van der Waals surface area contributed by atoms with Crippen molar-refractivity contribution >= 4 is 23.6 Å². The Bertz CT molecular complexity index is 780. The van der Waals surface area contributed by atoms with Crippen LogP contribution in [0.25, 0.3) is 0 Å². The van der Waals surface area contributed by atoms with Gasteiger partial charge in [0.25, 0.3) is 5.91 Å². The highest BCUT2D eigenvalue weighted by atomic mass is 32.2. The van der Waals surface area contributed by atoms with Gasteiger partial charge in [-0.15, -0.1) is 11.8 Å². The fourth-order valence-electron chi connectivity index (χ4n) is 3.06. The molecule has 1 fully saturated rings. The molecule has 1 saturated heterocycles. The van der Waals surface area contributed by atoms with E-state index in [0.29, 0.717) is 30.3 Å². The molecular formula is C21H24N2O3S. The molecule has 1 aliphatic rings. The number of nitrogens with zero attached hydrogens (tertiary/aromatic N) is 2. The molecular weight excluding hydrogens is 360 g/mol. The van der Waals surface area contributed by atoms with Crippen molar-refractivity contribution in [1.29, 1.82) is 0 Å². The fraction of sp³-hybridized carbons (Fsp3) is 0.333. The standard InChI is InChI=1S/C21H24N2O3S/c1-3-26-18-11-9-16(10-12-18)13-22(2)21(25)19-14-27-15-23(19)20(24)17-7-5-4-6-8-17/h4-12,19H,3,13-15H2,1-2H3. The third-order valence-electron chi connectivity index (χ3n) is 4.48. The third kappa shape index (κ3) is 4.63. The zero-order valence-electron chi connectivity index (χ0n) is 15.6. The summed E-state index contributed by atoms with van der Waals surface area (Å²) in [6.45, 7) is 3.07. The van der Waals surface area contributed by atoms with Crippen molar-refractivity contribution in [3.8, 4) is 5.75 Å². The van der Waals surface area contributed by atoms with Gasteiger partial charge in [0.05, 0.1) is 12.5 Å². The molecule has 0 saturated carbocycles. The molecule has 2 aromatic carbocycles. The summed E-state index contributed by atoms with van der Waals surface area (Å²) < 4.78 is 5.45. The summed E-state index contributed by atoms with van der Waals surface area (Å²) in [5, 5.41) is 0. The molecule has 1 aliphatic heterocycles. The van der Waals surface area contributed by atoms with E-state index in [1.807, 2.05) is 49.4 Å². The number of likely N-dealkylation sites (N-methyl/N-ethyl adjacent to an activating group) is 1. The maximum atomic E-state index is 13.0. The quantitative estimate of drug-likeness (QED) is 0.767. The van der Waals surface area contributed by atoms with E-state index in [-0.39, 0.29) is 11.8 Å². The molecule has 5 nitrogen and oxygen atoms in total. The largest absolute Gasteiger partial charge is 0.494 e. The number of carbonyl (C=O) groups is 2. The van der Waals surface area contributed by atoms with Gasteiger partial charge in [0.2, 0.25) is 5.91 Å². The van der Waals surface area contributed by atoms with Gasteiger partial charge < -0.3 is 14.5 Å². The number of rotatable bonds is 6. The van der Waals surface area contributed by atoms with Crippen molar-refractivity contribution in [2.75, 3.05) is 25.3 Å². The lowest BCUT2D eigenvalue weighted by Crippen LogP contribution is -2.47. The van der Waals surface area contributed by atoms with Crippen LogP contribution in [0.1, 0.15) is 22.8 Å². The van der Waals surface area contributed by atoms with Gasteiger partial charge in [0, 0.05) is 24.9 Å². The Labute approximate surface area is 164 Å². The van der Waals surface area contributed by atoms with Crippen molar-refractivity contribution < 1.29 is 14.3 Å². The van der Waals surface area contributed by atoms with Crippen molar-refractivity contribution in [1.82, 2.24) is 9.80 Å². The van der Waals surface area contributed by atoms with Gasteiger partial charge in [-0.3, -0.25) is 9.59 Å².